The van der Waals surface area contributed by atoms with Gasteiger partial charge in [-0.2, -0.15) is 5.10 Å². The minimum absolute atomic E-state index is 0.190. The zero-order valence-electron chi connectivity index (χ0n) is 10.8. The van der Waals surface area contributed by atoms with E-state index in [1.54, 1.807) is 17.8 Å². The summed E-state index contributed by atoms with van der Waals surface area (Å²) in [5.41, 5.74) is -0.289. The number of hydrogen-bond acceptors (Lipinski definition) is 2. The van der Waals surface area contributed by atoms with Gasteiger partial charge in [-0.1, -0.05) is 17.7 Å². The minimum Gasteiger partial charge on any atom is -0.252 e. The molecule has 0 bridgehead atoms. The zero-order valence-corrected chi connectivity index (χ0v) is 13.1. The summed E-state index contributed by atoms with van der Waals surface area (Å²) < 4.78 is 14.6. The second-order valence-corrected chi connectivity index (χ2v) is 7.08. The van der Waals surface area contributed by atoms with E-state index >= 15 is 0 Å². The Balaban J connectivity index is 2.11. The van der Waals surface area contributed by atoms with Gasteiger partial charge in [0.2, 0.25) is 0 Å². The molecule has 1 aromatic heterocycles. The van der Waals surface area contributed by atoms with Gasteiger partial charge in [-0.05, 0) is 25.5 Å². The molecular formula is C13H11Cl3FN3. The van der Waals surface area contributed by atoms with Crippen molar-refractivity contribution >= 4 is 34.8 Å². The van der Waals surface area contributed by atoms with E-state index in [9.17, 15) is 4.39 Å². The molecule has 1 atom stereocenters. The molecule has 0 spiro atoms. The van der Waals surface area contributed by atoms with E-state index in [1.165, 1.54) is 12.1 Å². The number of aryl methyl sites for hydroxylation is 1. The molecule has 1 fully saturated rings. The lowest BCUT2D eigenvalue weighted by molar-refractivity contribution is 0.613. The largest absolute Gasteiger partial charge is 0.252 e. The maximum absolute atomic E-state index is 13.9. The molecule has 0 N–H and O–H groups in total. The molecule has 7 heteroatoms. The Morgan fingerprint density at radius 2 is 2.00 bits per heavy atom. The first-order valence-corrected chi connectivity index (χ1v) is 7.13. The van der Waals surface area contributed by atoms with Crippen molar-refractivity contribution in [3.63, 3.8) is 0 Å². The molecule has 106 valence electrons. The minimum atomic E-state index is -0.857. The maximum Gasteiger partial charge on any atom is 0.185 e. The normalized spacial score (nSPS) is 23.9. The van der Waals surface area contributed by atoms with E-state index < -0.39 is 15.6 Å². The first-order chi connectivity index (χ1) is 9.26. The zero-order chi connectivity index (χ0) is 14.7. The van der Waals surface area contributed by atoms with Gasteiger partial charge in [0.05, 0.1) is 16.0 Å². The highest BCUT2D eigenvalue weighted by atomic mass is 35.5. The number of hydrogen-bond donors (Lipinski definition) is 0. The highest BCUT2D eigenvalue weighted by molar-refractivity contribution is 6.52. The van der Waals surface area contributed by atoms with Gasteiger partial charge in [0, 0.05) is 7.05 Å². The average Bonchev–Trinajstić information content (AvgIpc) is 2.67. The summed E-state index contributed by atoms with van der Waals surface area (Å²) in [6.07, 6.45) is 0.583. The molecule has 1 aliphatic carbocycles. The van der Waals surface area contributed by atoms with Gasteiger partial charge < -0.3 is 0 Å². The third-order valence-electron chi connectivity index (χ3n) is 3.70. The van der Waals surface area contributed by atoms with Crippen molar-refractivity contribution in [1.29, 1.82) is 0 Å². The predicted octanol–water partition coefficient (Wildman–Crippen LogP) is 4.11. The Hall–Kier alpha value is -0.840. The second kappa shape index (κ2) is 4.33. The van der Waals surface area contributed by atoms with Gasteiger partial charge in [0.1, 0.15) is 16.0 Å². The van der Waals surface area contributed by atoms with Crippen molar-refractivity contribution < 1.29 is 4.39 Å². The van der Waals surface area contributed by atoms with E-state index in [0.717, 1.165) is 0 Å². The Morgan fingerprint density at radius 3 is 2.55 bits per heavy atom. The lowest BCUT2D eigenvalue weighted by Gasteiger charge is -2.09. The van der Waals surface area contributed by atoms with Crippen LogP contribution in [0.25, 0.3) is 11.4 Å². The highest BCUT2D eigenvalue weighted by Crippen LogP contribution is 2.64. The molecule has 1 saturated carbocycles. The van der Waals surface area contributed by atoms with Crippen LogP contribution in [0.4, 0.5) is 4.39 Å². The van der Waals surface area contributed by atoms with Crippen LogP contribution in [0.15, 0.2) is 18.2 Å². The Bertz CT molecular complexity index is 678. The van der Waals surface area contributed by atoms with Crippen molar-refractivity contribution in [3.05, 3.63) is 34.9 Å². The molecule has 3 rings (SSSR count). The first kappa shape index (κ1) is 14.1. The molecule has 1 unspecified atom stereocenters. The molecule has 20 heavy (non-hydrogen) atoms. The summed E-state index contributed by atoms with van der Waals surface area (Å²) in [5.74, 6) is 0.401. The van der Waals surface area contributed by atoms with Crippen molar-refractivity contribution in [2.24, 2.45) is 7.05 Å². The van der Waals surface area contributed by atoms with Crippen LogP contribution in [0.2, 0.25) is 5.02 Å². The third-order valence-corrected chi connectivity index (χ3v) is 5.12. The van der Waals surface area contributed by atoms with Gasteiger partial charge >= 0.3 is 0 Å². The Kier molecular flexibility index (Phi) is 3.05. The monoisotopic (exact) mass is 333 g/mol. The van der Waals surface area contributed by atoms with Crippen molar-refractivity contribution in [2.75, 3.05) is 0 Å². The van der Waals surface area contributed by atoms with E-state index in [2.05, 4.69) is 10.1 Å². The lowest BCUT2D eigenvalue weighted by atomic mass is 10.1. The molecule has 0 amide bonds. The number of aromatic nitrogens is 3. The van der Waals surface area contributed by atoms with Gasteiger partial charge in [-0.15, -0.1) is 23.2 Å². The number of benzene rings is 1. The summed E-state index contributed by atoms with van der Waals surface area (Å²) in [5, 5.41) is 4.51. The molecular weight excluding hydrogens is 324 g/mol. The summed E-state index contributed by atoms with van der Waals surface area (Å²) >= 11 is 18.3. The smallest absolute Gasteiger partial charge is 0.185 e. The Morgan fingerprint density at radius 1 is 1.35 bits per heavy atom. The molecule has 0 saturated heterocycles. The summed E-state index contributed by atoms with van der Waals surface area (Å²) in [6.45, 7) is 1.91. The van der Waals surface area contributed by atoms with Crippen LogP contribution in [0.3, 0.4) is 0 Å². The van der Waals surface area contributed by atoms with Crippen LogP contribution in [-0.2, 0) is 12.5 Å². The van der Waals surface area contributed by atoms with Crippen LogP contribution in [0, 0.1) is 5.82 Å². The second-order valence-electron chi connectivity index (χ2n) is 5.19. The maximum atomic E-state index is 13.9. The number of nitrogens with zero attached hydrogens (tertiary/aromatic N) is 3. The SMILES string of the molecule is Cn1nc(-c2c(F)cccc2Cl)nc1C1(C)CC1(Cl)Cl. The number of rotatable bonds is 2. The highest BCUT2D eigenvalue weighted by Gasteiger charge is 2.66. The van der Waals surface area contributed by atoms with Crippen LogP contribution >= 0.6 is 34.8 Å². The standard InChI is InChI=1S/C13H11Cl3FN3/c1-12(6-13(12,15)16)11-18-10(19-20(11)2)9-7(14)4-3-5-8(9)17/h3-5H,6H2,1-2H3. The van der Waals surface area contributed by atoms with E-state index in [4.69, 9.17) is 34.8 Å². The van der Waals surface area contributed by atoms with Gasteiger partial charge in [0.25, 0.3) is 0 Å². The number of alkyl halides is 2. The van der Waals surface area contributed by atoms with Crippen molar-refractivity contribution in [3.8, 4) is 11.4 Å². The topological polar surface area (TPSA) is 30.7 Å². The fourth-order valence-corrected chi connectivity index (χ4v) is 3.28. The molecule has 0 aliphatic heterocycles. The van der Waals surface area contributed by atoms with Crippen molar-refractivity contribution in [2.45, 2.75) is 23.1 Å². The van der Waals surface area contributed by atoms with Gasteiger partial charge in [0.15, 0.2) is 5.82 Å². The van der Waals surface area contributed by atoms with Crippen LogP contribution in [0.5, 0.6) is 0 Å². The van der Waals surface area contributed by atoms with Crippen LogP contribution in [0.1, 0.15) is 19.2 Å². The van der Waals surface area contributed by atoms with E-state index in [-0.39, 0.29) is 16.4 Å². The number of halogens is 4. The predicted molar refractivity (Wildman–Crippen MR) is 77.8 cm³/mol. The molecule has 3 nitrogen and oxygen atoms in total. The fraction of sp³-hybridized carbons (Fsp3) is 0.385. The van der Waals surface area contributed by atoms with Crippen LogP contribution < -0.4 is 0 Å². The van der Waals surface area contributed by atoms with Crippen molar-refractivity contribution in [1.82, 2.24) is 14.8 Å². The summed E-state index contributed by atoms with van der Waals surface area (Å²) in [4.78, 5) is 4.39. The molecule has 1 aliphatic rings. The Labute approximate surface area is 130 Å². The lowest BCUT2D eigenvalue weighted by Crippen LogP contribution is -2.16. The average molecular weight is 335 g/mol. The third kappa shape index (κ3) is 1.93. The summed E-state index contributed by atoms with van der Waals surface area (Å²) in [7, 11) is 1.73. The molecule has 0 radical (unpaired) electrons. The van der Waals surface area contributed by atoms with Gasteiger partial charge in [-0.25, -0.2) is 9.37 Å². The van der Waals surface area contributed by atoms with E-state index in [0.29, 0.717) is 12.2 Å². The quantitative estimate of drug-likeness (QED) is 0.774. The van der Waals surface area contributed by atoms with Crippen LogP contribution in [-0.4, -0.2) is 19.1 Å². The summed E-state index contributed by atoms with van der Waals surface area (Å²) in [6, 6.07) is 4.46. The van der Waals surface area contributed by atoms with E-state index in [1.807, 2.05) is 6.92 Å². The van der Waals surface area contributed by atoms with Gasteiger partial charge in [-0.3, -0.25) is 4.68 Å². The first-order valence-electron chi connectivity index (χ1n) is 6.00. The molecule has 2 aromatic rings. The fourth-order valence-electron chi connectivity index (χ4n) is 2.32. The molecule has 1 heterocycles. The molecule has 1 aromatic carbocycles.